The highest BCUT2D eigenvalue weighted by Crippen LogP contribution is 2.18. The average molecular weight is 312 g/mol. The summed E-state index contributed by atoms with van der Waals surface area (Å²) in [7, 11) is 0. The standard InChI is InChI=1S/C13H8BrF2NO/c14-9-4-1-3-8(7-9)13(18)17-11-6-2-5-10(15)12(11)16/h1-7H,(H,17,18). The van der Waals surface area contributed by atoms with Crippen LogP contribution < -0.4 is 5.32 Å². The van der Waals surface area contributed by atoms with E-state index in [0.717, 1.165) is 10.5 Å². The Morgan fingerprint density at radius 2 is 1.83 bits per heavy atom. The van der Waals surface area contributed by atoms with Crippen molar-refractivity contribution < 1.29 is 13.6 Å². The number of benzene rings is 2. The van der Waals surface area contributed by atoms with Gasteiger partial charge in [-0.05, 0) is 30.3 Å². The number of nitrogens with one attached hydrogen (secondary N) is 1. The van der Waals surface area contributed by atoms with E-state index in [1.807, 2.05) is 0 Å². The molecule has 0 fully saturated rings. The first-order valence-electron chi connectivity index (χ1n) is 5.09. The molecule has 18 heavy (non-hydrogen) atoms. The molecule has 0 aromatic heterocycles. The number of hydrogen-bond acceptors (Lipinski definition) is 1. The van der Waals surface area contributed by atoms with Crippen molar-refractivity contribution in [3.8, 4) is 0 Å². The maximum Gasteiger partial charge on any atom is 0.255 e. The average Bonchev–Trinajstić information content (AvgIpc) is 2.35. The molecule has 0 bridgehead atoms. The fourth-order valence-corrected chi connectivity index (χ4v) is 1.82. The third kappa shape index (κ3) is 2.73. The molecule has 0 atom stereocenters. The molecular formula is C13H8BrF2NO. The summed E-state index contributed by atoms with van der Waals surface area (Å²) in [5.41, 5.74) is 0.174. The lowest BCUT2D eigenvalue weighted by molar-refractivity contribution is 0.102. The Bertz CT molecular complexity index is 601. The zero-order valence-corrected chi connectivity index (χ0v) is 10.7. The summed E-state index contributed by atoms with van der Waals surface area (Å²) in [5.74, 6) is -2.57. The highest BCUT2D eigenvalue weighted by molar-refractivity contribution is 9.10. The molecule has 0 heterocycles. The smallest absolute Gasteiger partial charge is 0.255 e. The predicted molar refractivity (Wildman–Crippen MR) is 68.5 cm³/mol. The van der Waals surface area contributed by atoms with Crippen LogP contribution in [0.5, 0.6) is 0 Å². The number of rotatable bonds is 2. The minimum Gasteiger partial charge on any atom is -0.319 e. The fraction of sp³-hybridized carbons (Fsp3) is 0. The second kappa shape index (κ2) is 5.27. The van der Waals surface area contributed by atoms with Crippen LogP contribution in [0.1, 0.15) is 10.4 Å². The molecule has 0 aliphatic carbocycles. The third-order valence-electron chi connectivity index (χ3n) is 2.29. The zero-order chi connectivity index (χ0) is 13.1. The lowest BCUT2D eigenvalue weighted by atomic mass is 10.2. The van der Waals surface area contributed by atoms with E-state index in [9.17, 15) is 13.6 Å². The zero-order valence-electron chi connectivity index (χ0n) is 9.08. The Labute approximate surface area is 111 Å². The van der Waals surface area contributed by atoms with Gasteiger partial charge in [0.25, 0.3) is 5.91 Å². The minimum atomic E-state index is -1.07. The maximum atomic E-state index is 13.4. The Morgan fingerprint density at radius 1 is 1.11 bits per heavy atom. The normalized spacial score (nSPS) is 10.2. The summed E-state index contributed by atoms with van der Waals surface area (Å²) in [4.78, 5) is 11.8. The van der Waals surface area contributed by atoms with Crippen LogP contribution in [0.3, 0.4) is 0 Å². The molecule has 5 heteroatoms. The van der Waals surface area contributed by atoms with Gasteiger partial charge in [-0.25, -0.2) is 8.78 Å². The topological polar surface area (TPSA) is 29.1 Å². The number of amides is 1. The van der Waals surface area contributed by atoms with Gasteiger partial charge in [0, 0.05) is 10.0 Å². The van der Waals surface area contributed by atoms with Gasteiger partial charge in [-0.3, -0.25) is 4.79 Å². The van der Waals surface area contributed by atoms with Gasteiger partial charge < -0.3 is 5.32 Å². The van der Waals surface area contributed by atoms with Crippen molar-refractivity contribution in [3.63, 3.8) is 0 Å². The quantitative estimate of drug-likeness (QED) is 0.893. The first kappa shape index (κ1) is 12.7. The molecule has 92 valence electrons. The predicted octanol–water partition coefficient (Wildman–Crippen LogP) is 3.98. The monoisotopic (exact) mass is 311 g/mol. The van der Waals surface area contributed by atoms with Crippen LogP contribution in [0, 0.1) is 11.6 Å². The first-order chi connectivity index (χ1) is 8.58. The van der Waals surface area contributed by atoms with Gasteiger partial charge in [-0.15, -0.1) is 0 Å². The van der Waals surface area contributed by atoms with Crippen molar-refractivity contribution in [1.29, 1.82) is 0 Å². The van der Waals surface area contributed by atoms with Gasteiger partial charge in [0.05, 0.1) is 5.69 Å². The second-order valence-electron chi connectivity index (χ2n) is 3.57. The number of anilines is 1. The van der Waals surface area contributed by atoms with Gasteiger partial charge in [0.15, 0.2) is 11.6 Å². The molecule has 0 aliphatic rings. The van der Waals surface area contributed by atoms with E-state index in [4.69, 9.17) is 0 Å². The molecule has 1 N–H and O–H groups in total. The van der Waals surface area contributed by atoms with E-state index in [0.29, 0.717) is 5.56 Å². The van der Waals surface area contributed by atoms with E-state index in [1.54, 1.807) is 24.3 Å². The summed E-state index contributed by atoms with van der Waals surface area (Å²) in [5, 5.41) is 2.32. The van der Waals surface area contributed by atoms with Gasteiger partial charge in [0.1, 0.15) is 0 Å². The van der Waals surface area contributed by atoms with Crippen molar-refractivity contribution >= 4 is 27.5 Å². The van der Waals surface area contributed by atoms with E-state index >= 15 is 0 Å². The van der Waals surface area contributed by atoms with E-state index in [-0.39, 0.29) is 5.69 Å². The van der Waals surface area contributed by atoms with Crippen LogP contribution in [-0.2, 0) is 0 Å². The molecule has 1 amide bonds. The fourth-order valence-electron chi connectivity index (χ4n) is 1.42. The van der Waals surface area contributed by atoms with Crippen LogP contribution in [0.25, 0.3) is 0 Å². The van der Waals surface area contributed by atoms with Crippen molar-refractivity contribution in [2.24, 2.45) is 0 Å². The molecule has 2 aromatic carbocycles. The highest BCUT2D eigenvalue weighted by atomic mass is 79.9. The number of carbonyl (C=O) groups excluding carboxylic acids is 1. The SMILES string of the molecule is O=C(Nc1cccc(F)c1F)c1cccc(Br)c1. The summed E-state index contributed by atoms with van der Waals surface area (Å²) in [6.07, 6.45) is 0. The Morgan fingerprint density at radius 3 is 2.56 bits per heavy atom. The maximum absolute atomic E-state index is 13.4. The van der Waals surface area contributed by atoms with Crippen LogP contribution in [0.15, 0.2) is 46.9 Å². The molecule has 0 unspecified atom stereocenters. The second-order valence-corrected chi connectivity index (χ2v) is 4.48. The molecule has 0 aliphatic heterocycles. The van der Waals surface area contributed by atoms with Gasteiger partial charge in [-0.1, -0.05) is 28.1 Å². The van der Waals surface area contributed by atoms with Crippen molar-refractivity contribution in [3.05, 3.63) is 64.1 Å². The first-order valence-corrected chi connectivity index (χ1v) is 5.88. The molecule has 0 radical (unpaired) electrons. The molecular weight excluding hydrogens is 304 g/mol. The molecule has 2 rings (SSSR count). The van der Waals surface area contributed by atoms with Gasteiger partial charge in [0.2, 0.25) is 0 Å². The van der Waals surface area contributed by atoms with Crippen molar-refractivity contribution in [1.82, 2.24) is 0 Å². The number of halogens is 3. The third-order valence-corrected chi connectivity index (χ3v) is 2.78. The van der Waals surface area contributed by atoms with Gasteiger partial charge >= 0.3 is 0 Å². The summed E-state index contributed by atoms with van der Waals surface area (Å²) >= 11 is 3.23. The molecule has 2 aromatic rings. The lowest BCUT2D eigenvalue weighted by Crippen LogP contribution is -2.13. The van der Waals surface area contributed by atoms with E-state index in [1.165, 1.54) is 12.1 Å². The van der Waals surface area contributed by atoms with Gasteiger partial charge in [-0.2, -0.15) is 0 Å². The summed E-state index contributed by atoms with van der Waals surface area (Å²) < 4.78 is 27.1. The van der Waals surface area contributed by atoms with Crippen LogP contribution in [0.2, 0.25) is 0 Å². The Balaban J connectivity index is 2.24. The number of hydrogen-bond donors (Lipinski definition) is 1. The number of carbonyl (C=O) groups is 1. The van der Waals surface area contributed by atoms with Crippen LogP contribution in [0.4, 0.5) is 14.5 Å². The molecule has 0 spiro atoms. The molecule has 0 saturated heterocycles. The summed E-state index contributed by atoms with van der Waals surface area (Å²) in [6, 6.07) is 10.2. The van der Waals surface area contributed by atoms with E-state index < -0.39 is 17.5 Å². The summed E-state index contributed by atoms with van der Waals surface area (Å²) in [6.45, 7) is 0. The largest absolute Gasteiger partial charge is 0.319 e. The van der Waals surface area contributed by atoms with Crippen LogP contribution >= 0.6 is 15.9 Å². The molecule has 0 saturated carbocycles. The van der Waals surface area contributed by atoms with Crippen LogP contribution in [-0.4, -0.2) is 5.91 Å². The Kier molecular flexibility index (Phi) is 3.72. The lowest BCUT2D eigenvalue weighted by Gasteiger charge is -2.07. The Hall–Kier alpha value is -1.75. The van der Waals surface area contributed by atoms with Crippen molar-refractivity contribution in [2.75, 3.05) is 5.32 Å². The van der Waals surface area contributed by atoms with E-state index in [2.05, 4.69) is 21.2 Å². The highest BCUT2D eigenvalue weighted by Gasteiger charge is 2.12. The minimum absolute atomic E-state index is 0.181. The van der Waals surface area contributed by atoms with Crippen molar-refractivity contribution in [2.45, 2.75) is 0 Å². The molecule has 2 nitrogen and oxygen atoms in total.